The first-order valence-electron chi connectivity index (χ1n) is 7.16. The first-order chi connectivity index (χ1) is 11.8. The van der Waals surface area contributed by atoms with Gasteiger partial charge < -0.3 is 15.4 Å². The maximum absolute atomic E-state index is 12.9. The Kier molecular flexibility index (Phi) is 3.11. The Balaban J connectivity index is 1.91. The molecule has 128 valence electrons. The van der Waals surface area contributed by atoms with Crippen LogP contribution in [-0.2, 0) is 11.0 Å². The minimum atomic E-state index is -4.74. The van der Waals surface area contributed by atoms with E-state index in [1.165, 1.54) is 6.08 Å². The first kappa shape index (κ1) is 15.2. The summed E-state index contributed by atoms with van der Waals surface area (Å²) in [5.74, 6) is -2.91. The summed E-state index contributed by atoms with van der Waals surface area (Å²) < 4.78 is 39.9. The van der Waals surface area contributed by atoms with E-state index in [-0.39, 0.29) is 11.6 Å². The van der Waals surface area contributed by atoms with Gasteiger partial charge in [0.05, 0.1) is 0 Å². The number of aliphatic carboxylic acids is 1. The highest BCUT2D eigenvalue weighted by Crippen LogP contribution is 2.35. The lowest BCUT2D eigenvalue weighted by Crippen LogP contribution is -2.24. The van der Waals surface area contributed by atoms with Gasteiger partial charge in [-0.3, -0.25) is 0 Å². The molecule has 0 amide bonds. The van der Waals surface area contributed by atoms with E-state index in [1.807, 2.05) is 12.1 Å². The van der Waals surface area contributed by atoms with Gasteiger partial charge in [-0.2, -0.15) is 18.2 Å². The van der Waals surface area contributed by atoms with E-state index in [0.29, 0.717) is 5.56 Å². The maximum Gasteiger partial charge on any atom is 0.453 e. The molecule has 10 heteroatoms. The Morgan fingerprint density at radius 2 is 2.04 bits per heavy atom. The van der Waals surface area contributed by atoms with Crippen LogP contribution >= 0.6 is 0 Å². The van der Waals surface area contributed by atoms with Crippen LogP contribution in [0.2, 0.25) is 0 Å². The smallest absolute Gasteiger partial charge is 0.453 e. The number of fused-ring (bicyclic) bond motifs is 2. The maximum atomic E-state index is 12.9. The molecule has 1 aromatic carbocycles. The molecule has 0 radical (unpaired) electrons. The van der Waals surface area contributed by atoms with E-state index in [2.05, 4.69) is 20.4 Å². The number of nitrogens with zero attached hydrogens (tertiary/aromatic N) is 3. The molecule has 3 N–H and O–H groups in total. The summed E-state index contributed by atoms with van der Waals surface area (Å²) in [5, 5.41) is 15.9. The number of carboxylic acid groups (broad SMARTS) is 1. The average Bonchev–Trinajstić information content (AvgIpc) is 3.17. The molecule has 4 rings (SSSR count). The number of hydrogen-bond donors (Lipinski definition) is 3. The third kappa shape index (κ3) is 2.42. The van der Waals surface area contributed by atoms with Crippen LogP contribution in [0, 0.1) is 0 Å². The Morgan fingerprint density at radius 1 is 1.28 bits per heavy atom. The number of benzene rings is 1. The zero-order valence-electron chi connectivity index (χ0n) is 12.4. The lowest BCUT2D eigenvalue weighted by molar-refractivity contribution is -0.145. The fraction of sp³-hybridized carbons (Fsp3) is 0.133. The van der Waals surface area contributed by atoms with Gasteiger partial charge in [-0.15, -0.1) is 5.10 Å². The molecular weight excluding hydrogens is 339 g/mol. The van der Waals surface area contributed by atoms with E-state index in [4.69, 9.17) is 0 Å². The van der Waals surface area contributed by atoms with Crippen molar-refractivity contribution >= 4 is 22.8 Å². The van der Waals surface area contributed by atoms with Crippen LogP contribution in [0.3, 0.4) is 0 Å². The van der Waals surface area contributed by atoms with E-state index in [9.17, 15) is 23.1 Å². The van der Waals surface area contributed by atoms with Gasteiger partial charge in [0.1, 0.15) is 11.7 Å². The Bertz CT molecular complexity index is 1020. The number of para-hydroxylation sites is 1. The standard InChI is InChI=1S/C15H10F3N5O2/c16-15(17,18)13-21-14-20-10(12(24)25)5-11(23(14)22-13)8-6-19-9-4-2-1-3-7(8)9/h1-6,11,19H,(H,24,25)(H,20,21,22)/t11-/m0/s1. The Hall–Kier alpha value is -3.30. The zero-order valence-corrected chi connectivity index (χ0v) is 12.4. The van der Waals surface area contributed by atoms with Crippen molar-refractivity contribution in [2.75, 3.05) is 5.32 Å². The number of halogens is 3. The van der Waals surface area contributed by atoms with Crippen LogP contribution in [-0.4, -0.2) is 30.8 Å². The van der Waals surface area contributed by atoms with Gasteiger partial charge in [-0.1, -0.05) is 18.2 Å². The van der Waals surface area contributed by atoms with E-state index < -0.39 is 24.0 Å². The lowest BCUT2D eigenvalue weighted by atomic mass is 10.0. The van der Waals surface area contributed by atoms with Crippen LogP contribution in [0.25, 0.3) is 10.9 Å². The Morgan fingerprint density at radius 3 is 2.76 bits per heavy atom. The summed E-state index contributed by atoms with van der Waals surface area (Å²) in [6.45, 7) is 0. The van der Waals surface area contributed by atoms with Crippen LogP contribution < -0.4 is 5.32 Å². The summed E-state index contributed by atoms with van der Waals surface area (Å²) in [6.07, 6.45) is -1.81. The third-order valence-corrected chi connectivity index (χ3v) is 3.89. The van der Waals surface area contributed by atoms with Gasteiger partial charge in [0.15, 0.2) is 0 Å². The number of allylic oxidation sites excluding steroid dienone is 1. The fourth-order valence-electron chi connectivity index (χ4n) is 2.80. The highest BCUT2D eigenvalue weighted by atomic mass is 19.4. The topological polar surface area (TPSA) is 95.8 Å². The molecule has 0 bridgehead atoms. The number of rotatable bonds is 2. The molecule has 1 aliphatic rings. The van der Waals surface area contributed by atoms with Gasteiger partial charge in [-0.25, -0.2) is 9.48 Å². The van der Waals surface area contributed by atoms with Gasteiger partial charge in [0, 0.05) is 22.7 Å². The highest BCUT2D eigenvalue weighted by Gasteiger charge is 2.39. The molecular formula is C15H10F3N5O2. The monoisotopic (exact) mass is 349 g/mol. The molecule has 0 aliphatic carbocycles. The van der Waals surface area contributed by atoms with Crippen LogP contribution in [0.4, 0.5) is 19.1 Å². The molecule has 1 atom stereocenters. The second kappa shape index (κ2) is 5.10. The fourth-order valence-corrected chi connectivity index (χ4v) is 2.80. The van der Waals surface area contributed by atoms with E-state index in [0.717, 1.165) is 15.6 Å². The highest BCUT2D eigenvalue weighted by molar-refractivity contribution is 5.91. The van der Waals surface area contributed by atoms with Crippen molar-refractivity contribution in [1.82, 2.24) is 19.7 Å². The van der Waals surface area contributed by atoms with Crippen LogP contribution in [0.1, 0.15) is 17.4 Å². The van der Waals surface area contributed by atoms with Crippen molar-refractivity contribution in [2.45, 2.75) is 12.2 Å². The molecule has 3 aromatic rings. The second-order valence-electron chi connectivity index (χ2n) is 5.45. The van der Waals surface area contributed by atoms with Crippen LogP contribution in [0.5, 0.6) is 0 Å². The average molecular weight is 349 g/mol. The predicted molar refractivity (Wildman–Crippen MR) is 80.8 cm³/mol. The summed E-state index contributed by atoms with van der Waals surface area (Å²) in [6, 6.07) is 6.35. The normalized spacial score (nSPS) is 17.1. The largest absolute Gasteiger partial charge is 0.477 e. The predicted octanol–water partition coefficient (Wildman–Crippen LogP) is 2.76. The molecule has 7 nitrogen and oxygen atoms in total. The number of nitrogens with one attached hydrogen (secondary N) is 2. The number of carboxylic acids is 1. The number of carbonyl (C=O) groups is 1. The van der Waals surface area contributed by atoms with Gasteiger partial charge in [0.25, 0.3) is 5.82 Å². The second-order valence-corrected chi connectivity index (χ2v) is 5.45. The van der Waals surface area contributed by atoms with E-state index >= 15 is 0 Å². The molecule has 0 unspecified atom stereocenters. The minimum absolute atomic E-state index is 0.260. The molecule has 1 aliphatic heterocycles. The molecule has 0 saturated heterocycles. The summed E-state index contributed by atoms with van der Waals surface area (Å²) in [5.41, 5.74) is 1.11. The van der Waals surface area contributed by atoms with Crippen molar-refractivity contribution < 1.29 is 23.1 Å². The Labute approximate surface area is 137 Å². The lowest BCUT2D eigenvalue weighted by Gasteiger charge is -2.21. The summed E-state index contributed by atoms with van der Waals surface area (Å²) in [4.78, 5) is 17.7. The molecule has 2 aromatic heterocycles. The number of H-pyrrole nitrogens is 1. The summed E-state index contributed by atoms with van der Waals surface area (Å²) >= 11 is 0. The molecule has 0 saturated carbocycles. The van der Waals surface area contributed by atoms with Gasteiger partial charge in [-0.05, 0) is 12.1 Å². The zero-order chi connectivity index (χ0) is 17.8. The SMILES string of the molecule is O=C(O)C1=C[C@@H](c2c[nH]c3ccccc23)n2nc(C(F)(F)F)nc2N1. The number of aromatic amines is 1. The molecule has 25 heavy (non-hydrogen) atoms. The van der Waals surface area contributed by atoms with E-state index in [1.54, 1.807) is 18.3 Å². The quantitative estimate of drug-likeness (QED) is 0.661. The number of aromatic nitrogens is 4. The summed E-state index contributed by atoms with van der Waals surface area (Å²) in [7, 11) is 0. The number of alkyl halides is 3. The first-order valence-corrected chi connectivity index (χ1v) is 7.16. The van der Waals surface area contributed by atoms with Crippen molar-refractivity contribution in [3.8, 4) is 0 Å². The molecule has 0 fully saturated rings. The van der Waals surface area contributed by atoms with Crippen LogP contribution in [0.15, 0.2) is 42.2 Å². The molecule has 0 spiro atoms. The number of hydrogen-bond acceptors (Lipinski definition) is 4. The van der Waals surface area contributed by atoms with Crippen molar-refractivity contribution in [1.29, 1.82) is 0 Å². The van der Waals surface area contributed by atoms with Gasteiger partial charge >= 0.3 is 12.1 Å². The number of anilines is 1. The minimum Gasteiger partial charge on any atom is -0.477 e. The van der Waals surface area contributed by atoms with Gasteiger partial charge in [0.2, 0.25) is 5.95 Å². The molecule has 3 heterocycles. The van der Waals surface area contributed by atoms with Crippen molar-refractivity contribution in [3.63, 3.8) is 0 Å². The van der Waals surface area contributed by atoms with Crippen molar-refractivity contribution in [2.24, 2.45) is 0 Å². The van der Waals surface area contributed by atoms with Crippen molar-refractivity contribution in [3.05, 3.63) is 53.6 Å². The third-order valence-electron chi connectivity index (χ3n) is 3.89.